The number of carbonyl (C=O) groups excluding carboxylic acids is 3. The molecule has 31 heteroatoms. The molecule has 0 saturated carbocycles. The van der Waals surface area contributed by atoms with E-state index in [1.54, 1.807) is 0 Å². The zero-order chi connectivity index (χ0) is 46.4. The van der Waals surface area contributed by atoms with E-state index in [2.05, 4.69) is 34.4 Å². The monoisotopic (exact) mass is 914 g/mol. The number of amides is 2. The third-order valence-corrected chi connectivity index (χ3v) is 11.6. The summed E-state index contributed by atoms with van der Waals surface area (Å²) in [7, 11) is -16.6. The Morgan fingerprint density at radius 2 is 1.74 bits per heavy atom. The second-order valence-corrected chi connectivity index (χ2v) is 18.5. The number of phosphoric ester groups is 3. The highest BCUT2D eigenvalue weighted by molar-refractivity contribution is 8.13. The molecule has 3 rings (SSSR count). The molecule has 2 amide bonds. The van der Waals surface area contributed by atoms with E-state index in [4.69, 9.17) is 28.7 Å². The maximum absolute atomic E-state index is 12.7. The van der Waals surface area contributed by atoms with Crippen molar-refractivity contribution >= 4 is 75.1 Å². The van der Waals surface area contributed by atoms with Gasteiger partial charge in [0, 0.05) is 41.2 Å². The molecule has 8 atom stereocenters. The van der Waals surface area contributed by atoms with Crippen molar-refractivity contribution in [3.8, 4) is 0 Å². The standard InChI is InChI=1S/C27H44N7O20P3S/c1-26(2,21(40)24(41)30-5-4-15(35)29-6-7-58-17(38)9-27(3,42)8-16(36)37)11-51-57(48,49)54-56(46,47)50-10-14-20(53-55(43,44)45)19(39)25(52-14)34-13-33-18-22(28)31-12-32-23(18)34/h12-14,19-21,25,39-40,42H,4-11H2,1-3H3,(H,29,35)(H,30,41)(H,36,37)(H,46,47)(H,48,49)(H2,28,31,32)(H2,43,44,45)/t14?,19?,20?,21-,25?,27?/m0/s1/i3D3. The number of nitrogens with two attached hydrogens (primary N) is 1. The van der Waals surface area contributed by atoms with Crippen LogP contribution in [0.2, 0.25) is 0 Å². The molecule has 58 heavy (non-hydrogen) atoms. The van der Waals surface area contributed by atoms with Gasteiger partial charge in [0.1, 0.15) is 36.3 Å². The molecule has 328 valence electrons. The smallest absolute Gasteiger partial charge is 0.481 e. The average molecular weight is 915 g/mol. The van der Waals surface area contributed by atoms with Gasteiger partial charge in [-0.1, -0.05) is 25.6 Å². The lowest BCUT2D eigenvalue weighted by molar-refractivity contribution is -0.142. The predicted octanol–water partition coefficient (Wildman–Crippen LogP) is -1.72. The summed E-state index contributed by atoms with van der Waals surface area (Å²) >= 11 is 0.537. The highest BCUT2D eigenvalue weighted by atomic mass is 32.2. The first-order valence-corrected chi connectivity index (χ1v) is 21.9. The third kappa shape index (κ3) is 15.2. The van der Waals surface area contributed by atoms with E-state index < -0.39 is 121 Å². The summed E-state index contributed by atoms with van der Waals surface area (Å²) in [6.07, 6.45) is -9.57. The van der Waals surface area contributed by atoms with Gasteiger partial charge in [0.05, 0.1) is 31.6 Å². The van der Waals surface area contributed by atoms with E-state index >= 15 is 0 Å². The van der Waals surface area contributed by atoms with Gasteiger partial charge >= 0.3 is 29.4 Å². The molecule has 0 bridgehead atoms. The third-order valence-electron chi connectivity index (χ3n) is 7.65. The molecule has 7 unspecified atom stereocenters. The molecule has 1 aliphatic heterocycles. The van der Waals surface area contributed by atoms with E-state index in [0.29, 0.717) is 11.8 Å². The molecule has 0 spiro atoms. The number of aliphatic hydroxyl groups is 3. The second-order valence-electron chi connectivity index (χ2n) is 13.1. The molecule has 1 saturated heterocycles. The van der Waals surface area contributed by atoms with Gasteiger partial charge in [0.25, 0.3) is 0 Å². The molecule has 3 heterocycles. The zero-order valence-electron chi connectivity index (χ0n) is 33.3. The van der Waals surface area contributed by atoms with Crippen LogP contribution < -0.4 is 16.4 Å². The number of fused-ring (bicyclic) bond motifs is 1. The molecule has 1 aliphatic rings. The van der Waals surface area contributed by atoms with Crippen molar-refractivity contribution in [1.82, 2.24) is 30.2 Å². The molecule has 2 aromatic rings. The van der Waals surface area contributed by atoms with Crippen LogP contribution in [0, 0.1) is 5.41 Å². The van der Waals surface area contributed by atoms with E-state index in [1.807, 2.05) is 0 Å². The normalized spacial score (nSPS) is 23.4. The number of rotatable bonds is 23. The number of carboxylic acid groups (broad SMARTS) is 1. The number of thioether (sulfide) groups is 1. The van der Waals surface area contributed by atoms with Crippen LogP contribution in [0.25, 0.3) is 11.2 Å². The van der Waals surface area contributed by atoms with Gasteiger partial charge in [-0.05, 0) is 6.85 Å². The van der Waals surface area contributed by atoms with Crippen LogP contribution in [0.15, 0.2) is 12.7 Å². The Morgan fingerprint density at radius 1 is 1.07 bits per heavy atom. The van der Waals surface area contributed by atoms with Gasteiger partial charge in [0.15, 0.2) is 22.8 Å². The maximum atomic E-state index is 12.7. The van der Waals surface area contributed by atoms with Crippen molar-refractivity contribution in [3.63, 3.8) is 0 Å². The van der Waals surface area contributed by atoms with Crippen LogP contribution in [0.3, 0.4) is 0 Å². The van der Waals surface area contributed by atoms with Crippen molar-refractivity contribution < 1.29 is 99.6 Å². The number of nitrogens with one attached hydrogen (secondary N) is 2. The van der Waals surface area contributed by atoms with Crippen molar-refractivity contribution in [2.45, 2.75) is 76.2 Å². The molecule has 0 aromatic carbocycles. The van der Waals surface area contributed by atoms with Crippen LogP contribution in [-0.4, -0.2) is 144 Å². The predicted molar refractivity (Wildman–Crippen MR) is 195 cm³/mol. The summed E-state index contributed by atoms with van der Waals surface area (Å²) in [5.41, 5.74) is 1.31. The second kappa shape index (κ2) is 20.0. The lowest BCUT2D eigenvalue weighted by atomic mass is 9.87. The highest BCUT2D eigenvalue weighted by Crippen LogP contribution is 2.61. The Morgan fingerprint density at radius 3 is 2.38 bits per heavy atom. The fourth-order valence-corrected chi connectivity index (χ4v) is 8.50. The number of ether oxygens (including phenoxy) is 1. The minimum atomic E-state index is -5.63. The van der Waals surface area contributed by atoms with Crippen LogP contribution in [0.5, 0.6) is 0 Å². The molecule has 2 aromatic heterocycles. The van der Waals surface area contributed by atoms with Crippen molar-refractivity contribution in [2.75, 3.05) is 37.8 Å². The quantitative estimate of drug-likeness (QED) is 0.0436. The van der Waals surface area contributed by atoms with Gasteiger partial charge in [-0.3, -0.25) is 37.3 Å². The number of nitrogens with zero attached hydrogens (tertiary/aromatic N) is 4. The number of carbonyl (C=O) groups is 4. The first-order chi connectivity index (χ1) is 27.9. The Bertz CT molecular complexity index is 2060. The Labute approximate surface area is 336 Å². The number of aliphatic hydroxyl groups excluding tert-OH is 2. The van der Waals surface area contributed by atoms with Crippen LogP contribution in [-0.2, 0) is 55.5 Å². The summed E-state index contributed by atoms with van der Waals surface area (Å²) < 4.78 is 84.0. The summed E-state index contributed by atoms with van der Waals surface area (Å²) in [5, 5.41) is 44.3. The summed E-state index contributed by atoms with van der Waals surface area (Å²) in [5.74, 6) is -3.51. The van der Waals surface area contributed by atoms with E-state index in [9.17, 15) is 67.8 Å². The lowest BCUT2D eigenvalue weighted by Crippen LogP contribution is -2.46. The molecular formula is C27H44N7O20P3S. The van der Waals surface area contributed by atoms with E-state index in [0.717, 1.165) is 17.2 Å². The minimum Gasteiger partial charge on any atom is -0.481 e. The first-order valence-electron chi connectivity index (χ1n) is 17.9. The summed E-state index contributed by atoms with van der Waals surface area (Å²) in [6, 6.07) is 0. The van der Waals surface area contributed by atoms with Gasteiger partial charge < -0.3 is 61.1 Å². The SMILES string of the molecule is [2H]C([2H])([2H])C(O)(CC(=O)O)CC(=O)SCCNC(=O)CCNC(=O)[C@H](O)C(C)(C)COP(=O)(O)OP(=O)(O)OCC1OC(n2cnc3c(N)ncnc32)C(O)C1OP(=O)(O)O. The topological polar surface area (TPSA) is 421 Å². The highest BCUT2D eigenvalue weighted by Gasteiger charge is 2.50. The minimum absolute atomic E-state index is 0.00301. The number of aromatic nitrogens is 4. The number of hydrogen-bond donors (Lipinski definition) is 11. The molecule has 1 fully saturated rings. The average Bonchev–Trinajstić information content (AvgIpc) is 3.67. The van der Waals surface area contributed by atoms with Crippen LogP contribution in [0.1, 0.15) is 50.3 Å². The van der Waals surface area contributed by atoms with Gasteiger partial charge in [-0.15, -0.1) is 0 Å². The van der Waals surface area contributed by atoms with Crippen LogP contribution in [0.4, 0.5) is 5.82 Å². The van der Waals surface area contributed by atoms with E-state index in [1.165, 1.54) is 13.8 Å². The van der Waals surface area contributed by atoms with Gasteiger partial charge in [0.2, 0.25) is 11.8 Å². The van der Waals surface area contributed by atoms with Crippen molar-refractivity contribution in [3.05, 3.63) is 12.7 Å². The Balaban J connectivity index is 1.46. The van der Waals surface area contributed by atoms with Crippen molar-refractivity contribution in [2.24, 2.45) is 5.41 Å². The molecule has 0 aliphatic carbocycles. The van der Waals surface area contributed by atoms with Gasteiger partial charge in [-0.2, -0.15) is 4.31 Å². The molecule has 27 nitrogen and oxygen atoms in total. The lowest BCUT2D eigenvalue weighted by Gasteiger charge is -2.30. The zero-order valence-corrected chi connectivity index (χ0v) is 33.8. The number of nitrogen functional groups attached to an aromatic ring is 1. The first kappa shape index (κ1) is 44.5. The number of carboxylic acids is 1. The number of aliphatic carboxylic acids is 1. The molecular weight excluding hydrogens is 867 g/mol. The summed E-state index contributed by atoms with van der Waals surface area (Å²) in [4.78, 5) is 98.7. The Hall–Kier alpha value is -3.01. The fraction of sp³-hybridized carbons (Fsp3) is 0.667. The Kier molecular flexibility index (Phi) is 15.4. The number of hydrogen-bond acceptors (Lipinski definition) is 20. The van der Waals surface area contributed by atoms with Gasteiger partial charge in [-0.25, -0.2) is 28.6 Å². The molecule has 12 N–H and O–H groups in total. The van der Waals surface area contributed by atoms with Crippen molar-refractivity contribution in [1.29, 1.82) is 0 Å². The van der Waals surface area contributed by atoms with E-state index in [-0.39, 0.29) is 42.2 Å². The largest absolute Gasteiger partial charge is 0.481 e. The number of phosphoric acid groups is 3. The fourth-order valence-electron chi connectivity index (χ4n) is 4.90. The maximum Gasteiger partial charge on any atom is 0.481 e. The number of imidazole rings is 1. The summed E-state index contributed by atoms with van der Waals surface area (Å²) in [6.45, 7) is -3.40. The number of anilines is 1. The van der Waals surface area contributed by atoms with Crippen LogP contribution >= 0.6 is 35.2 Å². The molecule has 0 radical (unpaired) electrons.